The summed E-state index contributed by atoms with van der Waals surface area (Å²) in [4.78, 5) is 11.2. The molecule has 14 heavy (non-hydrogen) atoms. The van der Waals surface area contributed by atoms with E-state index in [1.54, 1.807) is 7.11 Å². The van der Waals surface area contributed by atoms with Crippen molar-refractivity contribution < 1.29 is 9.53 Å². The van der Waals surface area contributed by atoms with Gasteiger partial charge in [0.25, 0.3) is 0 Å². The summed E-state index contributed by atoms with van der Waals surface area (Å²) in [5.41, 5.74) is 0. The van der Waals surface area contributed by atoms with Crippen molar-refractivity contribution in [2.45, 2.75) is 19.3 Å². The normalized spacial score (nSPS) is 15.5. The minimum absolute atomic E-state index is 0.0850. The maximum absolute atomic E-state index is 11.2. The van der Waals surface area contributed by atoms with Crippen LogP contribution in [0.1, 0.15) is 19.3 Å². The fourth-order valence-corrected chi connectivity index (χ4v) is 1.22. The van der Waals surface area contributed by atoms with Crippen LogP contribution in [-0.4, -0.2) is 39.3 Å². The van der Waals surface area contributed by atoms with Gasteiger partial charge in [0, 0.05) is 20.3 Å². The molecule has 0 saturated heterocycles. The van der Waals surface area contributed by atoms with Crippen LogP contribution in [0, 0.1) is 5.92 Å². The Morgan fingerprint density at radius 2 is 2.29 bits per heavy atom. The molecule has 4 heteroatoms. The number of amides is 1. The van der Waals surface area contributed by atoms with Crippen molar-refractivity contribution >= 4 is 5.91 Å². The highest BCUT2D eigenvalue weighted by Crippen LogP contribution is 2.27. The predicted molar refractivity (Wildman–Crippen MR) is 55.1 cm³/mol. The quantitative estimate of drug-likeness (QED) is 0.548. The molecule has 0 atom stereocenters. The molecule has 0 unspecified atom stereocenters. The first-order chi connectivity index (χ1) is 6.83. The molecule has 1 aliphatic carbocycles. The van der Waals surface area contributed by atoms with Crippen LogP contribution < -0.4 is 10.6 Å². The lowest BCUT2D eigenvalue weighted by Crippen LogP contribution is -2.35. The monoisotopic (exact) mass is 200 g/mol. The number of carbonyl (C=O) groups excluding carboxylic acids is 1. The van der Waals surface area contributed by atoms with Gasteiger partial charge in [-0.25, -0.2) is 0 Å². The van der Waals surface area contributed by atoms with Gasteiger partial charge in [-0.2, -0.15) is 0 Å². The first kappa shape index (κ1) is 11.5. The molecule has 82 valence electrons. The Kier molecular flexibility index (Phi) is 5.56. The van der Waals surface area contributed by atoms with Crippen LogP contribution in [-0.2, 0) is 9.53 Å². The summed E-state index contributed by atoms with van der Waals surface area (Å²) in [6.45, 7) is 2.85. The fourth-order valence-electron chi connectivity index (χ4n) is 1.22. The standard InChI is InChI=1S/C10H20N2O2/c1-14-6-2-5-12-10(13)8-11-7-9-3-4-9/h9,11H,2-8H2,1H3,(H,12,13). The zero-order valence-electron chi connectivity index (χ0n) is 8.84. The van der Waals surface area contributed by atoms with Gasteiger partial charge in [0.1, 0.15) is 0 Å². The minimum atomic E-state index is 0.0850. The topological polar surface area (TPSA) is 50.4 Å². The molecule has 0 heterocycles. The van der Waals surface area contributed by atoms with E-state index >= 15 is 0 Å². The van der Waals surface area contributed by atoms with Gasteiger partial charge in [-0.1, -0.05) is 0 Å². The lowest BCUT2D eigenvalue weighted by atomic mass is 10.4. The van der Waals surface area contributed by atoms with Crippen molar-refractivity contribution in [3.8, 4) is 0 Å². The molecular weight excluding hydrogens is 180 g/mol. The van der Waals surface area contributed by atoms with Crippen molar-refractivity contribution in [2.24, 2.45) is 5.92 Å². The minimum Gasteiger partial charge on any atom is -0.385 e. The van der Waals surface area contributed by atoms with E-state index in [1.165, 1.54) is 12.8 Å². The van der Waals surface area contributed by atoms with E-state index in [9.17, 15) is 4.79 Å². The first-order valence-electron chi connectivity index (χ1n) is 5.29. The maximum Gasteiger partial charge on any atom is 0.233 e. The Bertz CT molecular complexity index is 170. The van der Waals surface area contributed by atoms with E-state index in [0.29, 0.717) is 19.7 Å². The van der Waals surface area contributed by atoms with Gasteiger partial charge in [-0.05, 0) is 31.7 Å². The van der Waals surface area contributed by atoms with Crippen LogP contribution in [0.2, 0.25) is 0 Å². The van der Waals surface area contributed by atoms with Gasteiger partial charge in [0.15, 0.2) is 0 Å². The average Bonchev–Trinajstić information content (AvgIpc) is 2.96. The summed E-state index contributed by atoms with van der Waals surface area (Å²) >= 11 is 0. The van der Waals surface area contributed by atoms with Crippen molar-refractivity contribution in [3.05, 3.63) is 0 Å². The van der Waals surface area contributed by atoms with Crippen LogP contribution in [0.4, 0.5) is 0 Å². The second-order valence-electron chi connectivity index (χ2n) is 3.77. The number of carbonyl (C=O) groups is 1. The highest BCUT2D eigenvalue weighted by atomic mass is 16.5. The predicted octanol–water partition coefficient (Wildman–Crippen LogP) is 0.139. The summed E-state index contributed by atoms with van der Waals surface area (Å²) in [5, 5.41) is 5.97. The average molecular weight is 200 g/mol. The number of nitrogens with one attached hydrogen (secondary N) is 2. The first-order valence-corrected chi connectivity index (χ1v) is 5.29. The number of hydrogen-bond acceptors (Lipinski definition) is 3. The highest BCUT2D eigenvalue weighted by Gasteiger charge is 2.20. The molecule has 0 radical (unpaired) electrons. The summed E-state index contributed by atoms with van der Waals surface area (Å²) < 4.78 is 4.88. The van der Waals surface area contributed by atoms with E-state index in [-0.39, 0.29) is 5.91 Å². The molecule has 1 rings (SSSR count). The third-order valence-corrected chi connectivity index (χ3v) is 2.26. The Morgan fingerprint density at radius 3 is 2.93 bits per heavy atom. The van der Waals surface area contributed by atoms with Gasteiger partial charge in [0.2, 0.25) is 5.91 Å². The molecule has 0 aromatic carbocycles. The summed E-state index contributed by atoms with van der Waals surface area (Å²) in [6, 6.07) is 0. The van der Waals surface area contributed by atoms with E-state index in [2.05, 4.69) is 10.6 Å². The van der Waals surface area contributed by atoms with Crippen molar-refractivity contribution in [1.29, 1.82) is 0 Å². The molecular formula is C10H20N2O2. The van der Waals surface area contributed by atoms with Gasteiger partial charge in [0.05, 0.1) is 6.54 Å². The summed E-state index contributed by atoms with van der Waals surface area (Å²) in [5.74, 6) is 0.915. The fraction of sp³-hybridized carbons (Fsp3) is 0.900. The maximum atomic E-state index is 11.2. The van der Waals surface area contributed by atoms with Gasteiger partial charge >= 0.3 is 0 Å². The second-order valence-corrected chi connectivity index (χ2v) is 3.77. The molecule has 0 bridgehead atoms. The van der Waals surface area contributed by atoms with E-state index in [0.717, 1.165) is 18.9 Å². The van der Waals surface area contributed by atoms with Gasteiger partial charge in [-0.3, -0.25) is 4.79 Å². The zero-order chi connectivity index (χ0) is 10.2. The van der Waals surface area contributed by atoms with E-state index in [1.807, 2.05) is 0 Å². The highest BCUT2D eigenvalue weighted by molar-refractivity contribution is 5.77. The van der Waals surface area contributed by atoms with E-state index in [4.69, 9.17) is 4.74 Å². The van der Waals surface area contributed by atoms with Crippen molar-refractivity contribution in [3.63, 3.8) is 0 Å². The molecule has 1 fully saturated rings. The molecule has 0 aromatic rings. The zero-order valence-corrected chi connectivity index (χ0v) is 8.84. The van der Waals surface area contributed by atoms with Crippen LogP contribution in [0.25, 0.3) is 0 Å². The Hall–Kier alpha value is -0.610. The Labute approximate surface area is 85.4 Å². The van der Waals surface area contributed by atoms with Crippen LogP contribution in [0.3, 0.4) is 0 Å². The SMILES string of the molecule is COCCCNC(=O)CNCC1CC1. The van der Waals surface area contributed by atoms with E-state index < -0.39 is 0 Å². The smallest absolute Gasteiger partial charge is 0.233 e. The van der Waals surface area contributed by atoms with Crippen LogP contribution in [0.15, 0.2) is 0 Å². The largest absolute Gasteiger partial charge is 0.385 e. The number of rotatable bonds is 8. The molecule has 1 saturated carbocycles. The summed E-state index contributed by atoms with van der Waals surface area (Å²) in [7, 11) is 1.67. The number of hydrogen-bond donors (Lipinski definition) is 2. The third-order valence-electron chi connectivity index (χ3n) is 2.26. The van der Waals surface area contributed by atoms with Crippen LogP contribution in [0.5, 0.6) is 0 Å². The van der Waals surface area contributed by atoms with Crippen LogP contribution >= 0.6 is 0 Å². The lowest BCUT2D eigenvalue weighted by molar-refractivity contribution is -0.120. The third kappa shape index (κ3) is 5.94. The number of methoxy groups -OCH3 is 1. The molecule has 4 nitrogen and oxygen atoms in total. The molecule has 1 aliphatic rings. The number of ether oxygens (including phenoxy) is 1. The Balaban J connectivity index is 1.82. The van der Waals surface area contributed by atoms with Gasteiger partial charge < -0.3 is 15.4 Å². The molecule has 0 spiro atoms. The molecule has 1 amide bonds. The lowest BCUT2D eigenvalue weighted by Gasteiger charge is -2.05. The second kappa shape index (κ2) is 6.79. The molecule has 0 aromatic heterocycles. The van der Waals surface area contributed by atoms with Crippen molar-refractivity contribution in [2.75, 3.05) is 33.4 Å². The van der Waals surface area contributed by atoms with Crippen molar-refractivity contribution in [1.82, 2.24) is 10.6 Å². The molecule has 2 N–H and O–H groups in total. The molecule has 0 aliphatic heterocycles. The van der Waals surface area contributed by atoms with Gasteiger partial charge in [-0.15, -0.1) is 0 Å². The summed E-state index contributed by atoms with van der Waals surface area (Å²) in [6.07, 6.45) is 3.52. The Morgan fingerprint density at radius 1 is 1.50 bits per heavy atom.